The largest absolute Gasteiger partial charge is 0.352 e. The first kappa shape index (κ1) is 16.2. The van der Waals surface area contributed by atoms with E-state index < -0.39 is 0 Å². The summed E-state index contributed by atoms with van der Waals surface area (Å²) in [6, 6.07) is 6.52. The van der Waals surface area contributed by atoms with Gasteiger partial charge in [0.2, 0.25) is 5.91 Å². The molecule has 0 saturated carbocycles. The molecule has 0 atom stereocenters. The molecule has 0 aliphatic carbocycles. The van der Waals surface area contributed by atoms with Crippen LogP contribution in [-0.4, -0.2) is 22.2 Å². The van der Waals surface area contributed by atoms with Gasteiger partial charge in [0.1, 0.15) is 11.0 Å². The van der Waals surface area contributed by atoms with Crippen molar-refractivity contribution in [2.75, 3.05) is 6.54 Å². The first-order valence-electron chi connectivity index (χ1n) is 6.87. The lowest BCUT2D eigenvalue weighted by atomic mass is 10.1. The maximum absolute atomic E-state index is 13.4. The molecule has 0 spiro atoms. The predicted octanol–water partition coefficient (Wildman–Crippen LogP) is 2.89. The molecule has 0 unspecified atom stereocenters. The van der Waals surface area contributed by atoms with Crippen molar-refractivity contribution in [3.63, 3.8) is 0 Å². The number of benzene rings is 1. The number of nitrogens with zero attached hydrogens (tertiary/aromatic N) is 2. The Bertz CT molecular complexity index is 709. The molecule has 4 nitrogen and oxygen atoms in total. The standard InChI is InChI=1S/C16H17ClFN3O/c1-11-13(16(17)21(2)20-11)7-8-15(22)19-10-9-12-5-3-4-6-14(12)18/h3-8H,9-10H2,1-2H3,(H,19,22)/b8-7+. The topological polar surface area (TPSA) is 46.9 Å². The molecule has 1 heterocycles. The van der Waals surface area contributed by atoms with E-state index in [0.29, 0.717) is 29.2 Å². The van der Waals surface area contributed by atoms with E-state index in [1.54, 1.807) is 36.0 Å². The van der Waals surface area contributed by atoms with Gasteiger partial charge in [0.15, 0.2) is 0 Å². The highest BCUT2D eigenvalue weighted by Crippen LogP contribution is 2.19. The average molecular weight is 322 g/mol. The Morgan fingerprint density at radius 1 is 1.45 bits per heavy atom. The van der Waals surface area contributed by atoms with Crippen molar-refractivity contribution in [2.24, 2.45) is 7.05 Å². The van der Waals surface area contributed by atoms with Crippen LogP contribution >= 0.6 is 11.6 Å². The molecule has 1 aromatic carbocycles. The molecule has 2 aromatic rings. The number of aryl methyl sites for hydroxylation is 2. The lowest BCUT2D eigenvalue weighted by molar-refractivity contribution is -0.116. The Labute approximate surface area is 133 Å². The third-order valence-electron chi connectivity index (χ3n) is 3.25. The van der Waals surface area contributed by atoms with Crippen molar-refractivity contribution < 1.29 is 9.18 Å². The zero-order valence-electron chi connectivity index (χ0n) is 12.4. The van der Waals surface area contributed by atoms with E-state index in [-0.39, 0.29) is 11.7 Å². The normalized spacial score (nSPS) is 11.1. The Hall–Kier alpha value is -2.14. The van der Waals surface area contributed by atoms with E-state index in [4.69, 9.17) is 11.6 Å². The lowest BCUT2D eigenvalue weighted by Crippen LogP contribution is -2.23. The number of nitrogens with one attached hydrogen (secondary N) is 1. The maximum atomic E-state index is 13.4. The molecule has 0 radical (unpaired) electrons. The van der Waals surface area contributed by atoms with Gasteiger partial charge < -0.3 is 5.32 Å². The molecule has 1 aromatic heterocycles. The van der Waals surface area contributed by atoms with E-state index >= 15 is 0 Å². The summed E-state index contributed by atoms with van der Waals surface area (Å²) in [7, 11) is 1.74. The molecule has 1 amide bonds. The van der Waals surface area contributed by atoms with Gasteiger partial charge in [0.05, 0.1) is 5.69 Å². The number of carbonyl (C=O) groups is 1. The van der Waals surface area contributed by atoms with Gasteiger partial charge in [-0.1, -0.05) is 29.8 Å². The summed E-state index contributed by atoms with van der Waals surface area (Å²) < 4.78 is 15.0. The van der Waals surface area contributed by atoms with Gasteiger partial charge in [-0.05, 0) is 31.1 Å². The highest BCUT2D eigenvalue weighted by Gasteiger charge is 2.08. The number of amides is 1. The number of aromatic nitrogens is 2. The second kappa shape index (κ2) is 7.22. The maximum Gasteiger partial charge on any atom is 0.244 e. The van der Waals surface area contributed by atoms with Gasteiger partial charge in [0.25, 0.3) is 0 Å². The fourth-order valence-electron chi connectivity index (χ4n) is 2.08. The minimum absolute atomic E-state index is 0.254. The Kier molecular flexibility index (Phi) is 5.33. The fraction of sp³-hybridized carbons (Fsp3) is 0.250. The second-order valence-corrected chi connectivity index (χ2v) is 5.24. The zero-order chi connectivity index (χ0) is 16.1. The van der Waals surface area contributed by atoms with E-state index in [1.807, 2.05) is 6.92 Å². The lowest BCUT2D eigenvalue weighted by Gasteiger charge is -2.03. The van der Waals surface area contributed by atoms with Crippen LogP contribution in [0.3, 0.4) is 0 Å². The summed E-state index contributed by atoms with van der Waals surface area (Å²) in [6.45, 7) is 2.19. The van der Waals surface area contributed by atoms with Crippen LogP contribution in [0.4, 0.5) is 4.39 Å². The number of rotatable bonds is 5. The smallest absolute Gasteiger partial charge is 0.244 e. The molecule has 0 bridgehead atoms. The van der Waals surface area contributed by atoms with Crippen LogP contribution in [0.5, 0.6) is 0 Å². The van der Waals surface area contributed by atoms with E-state index in [9.17, 15) is 9.18 Å². The molecule has 6 heteroatoms. The third-order valence-corrected chi connectivity index (χ3v) is 3.70. The minimum Gasteiger partial charge on any atom is -0.352 e. The van der Waals surface area contributed by atoms with Gasteiger partial charge in [-0.2, -0.15) is 5.10 Å². The number of carbonyl (C=O) groups excluding carboxylic acids is 1. The van der Waals surface area contributed by atoms with Crippen LogP contribution in [0.25, 0.3) is 6.08 Å². The van der Waals surface area contributed by atoms with Gasteiger partial charge in [-0.15, -0.1) is 0 Å². The van der Waals surface area contributed by atoms with E-state index in [1.165, 1.54) is 12.1 Å². The van der Waals surface area contributed by atoms with Crippen LogP contribution < -0.4 is 5.32 Å². The Morgan fingerprint density at radius 2 is 2.18 bits per heavy atom. The van der Waals surface area contributed by atoms with Crippen LogP contribution in [0.1, 0.15) is 16.8 Å². The van der Waals surface area contributed by atoms with Crippen molar-refractivity contribution in [2.45, 2.75) is 13.3 Å². The molecule has 0 aliphatic heterocycles. The van der Waals surface area contributed by atoms with Gasteiger partial charge >= 0.3 is 0 Å². The van der Waals surface area contributed by atoms with Crippen molar-refractivity contribution in [1.82, 2.24) is 15.1 Å². The number of hydrogen-bond donors (Lipinski definition) is 1. The molecule has 2 rings (SSSR count). The van der Waals surface area contributed by atoms with Crippen molar-refractivity contribution in [3.8, 4) is 0 Å². The first-order chi connectivity index (χ1) is 10.5. The fourth-order valence-corrected chi connectivity index (χ4v) is 2.31. The van der Waals surface area contributed by atoms with Crippen LogP contribution in [-0.2, 0) is 18.3 Å². The predicted molar refractivity (Wildman–Crippen MR) is 85.1 cm³/mol. The first-order valence-corrected chi connectivity index (χ1v) is 7.25. The second-order valence-electron chi connectivity index (χ2n) is 4.88. The zero-order valence-corrected chi connectivity index (χ0v) is 13.2. The van der Waals surface area contributed by atoms with Crippen molar-refractivity contribution in [3.05, 3.63) is 58.1 Å². The molecule has 1 N–H and O–H groups in total. The van der Waals surface area contributed by atoms with Crippen LogP contribution in [0.2, 0.25) is 5.15 Å². The van der Waals surface area contributed by atoms with Gasteiger partial charge in [0, 0.05) is 25.2 Å². The van der Waals surface area contributed by atoms with E-state index in [0.717, 1.165) is 5.69 Å². The molecular formula is C16H17ClFN3O. The number of halogens is 2. The monoisotopic (exact) mass is 321 g/mol. The van der Waals surface area contributed by atoms with Crippen molar-refractivity contribution >= 4 is 23.6 Å². The van der Waals surface area contributed by atoms with Crippen LogP contribution in [0.15, 0.2) is 30.3 Å². The highest BCUT2D eigenvalue weighted by molar-refractivity contribution is 6.31. The average Bonchev–Trinajstić information content (AvgIpc) is 2.72. The Morgan fingerprint density at radius 3 is 2.82 bits per heavy atom. The summed E-state index contributed by atoms with van der Waals surface area (Å²) in [4.78, 5) is 11.8. The molecule has 116 valence electrons. The van der Waals surface area contributed by atoms with E-state index in [2.05, 4.69) is 10.4 Å². The number of hydrogen-bond acceptors (Lipinski definition) is 2. The SMILES string of the molecule is Cc1nn(C)c(Cl)c1/C=C/C(=O)NCCc1ccccc1F. The van der Waals surface area contributed by atoms with Crippen LogP contribution in [0, 0.1) is 12.7 Å². The summed E-state index contributed by atoms with van der Waals surface area (Å²) >= 11 is 6.08. The molecule has 0 saturated heterocycles. The molecule has 22 heavy (non-hydrogen) atoms. The summed E-state index contributed by atoms with van der Waals surface area (Å²) in [5.74, 6) is -0.513. The molecule has 0 fully saturated rings. The molecular weight excluding hydrogens is 305 g/mol. The summed E-state index contributed by atoms with van der Waals surface area (Å²) in [5.41, 5.74) is 2.05. The quantitative estimate of drug-likeness (QED) is 0.861. The summed E-state index contributed by atoms with van der Waals surface area (Å²) in [5, 5.41) is 7.35. The van der Waals surface area contributed by atoms with Gasteiger partial charge in [-0.3, -0.25) is 9.48 Å². The highest BCUT2D eigenvalue weighted by atomic mass is 35.5. The summed E-state index contributed by atoms with van der Waals surface area (Å²) in [6.07, 6.45) is 3.47. The minimum atomic E-state index is -0.259. The van der Waals surface area contributed by atoms with Crippen molar-refractivity contribution in [1.29, 1.82) is 0 Å². The Balaban J connectivity index is 1.88. The third kappa shape index (κ3) is 3.95. The molecule has 0 aliphatic rings. The van der Waals surface area contributed by atoms with Gasteiger partial charge in [-0.25, -0.2) is 4.39 Å².